The molecule has 0 amide bonds. The van der Waals surface area contributed by atoms with E-state index < -0.39 is 5.97 Å². The predicted octanol–water partition coefficient (Wildman–Crippen LogP) is 2.11. The van der Waals surface area contributed by atoms with Crippen LogP contribution in [0.25, 0.3) is 0 Å². The number of benzene rings is 1. The Morgan fingerprint density at radius 1 is 1.53 bits per heavy atom. The van der Waals surface area contributed by atoms with E-state index in [4.69, 9.17) is 26.8 Å². The summed E-state index contributed by atoms with van der Waals surface area (Å²) in [6.07, 6.45) is 0. The molecule has 1 rings (SSSR count). The minimum Gasteiger partial charge on any atom is -0.494 e. The topological polar surface area (TPSA) is 61.5 Å². The van der Waals surface area contributed by atoms with Crippen LogP contribution in [0.1, 0.15) is 17.3 Å². The number of nitrogen functional groups attached to an aromatic ring is 1. The highest BCUT2D eigenvalue weighted by Crippen LogP contribution is 2.33. The summed E-state index contributed by atoms with van der Waals surface area (Å²) in [6.45, 7) is 2.02. The van der Waals surface area contributed by atoms with E-state index in [0.717, 1.165) is 0 Å². The van der Waals surface area contributed by atoms with E-state index in [1.54, 1.807) is 6.92 Å². The number of esters is 1. The van der Waals surface area contributed by atoms with E-state index >= 15 is 0 Å². The van der Waals surface area contributed by atoms with Gasteiger partial charge in [0.15, 0.2) is 5.75 Å². The Hall–Kier alpha value is -1.42. The molecule has 0 saturated carbocycles. The van der Waals surface area contributed by atoms with E-state index in [1.807, 2.05) is 0 Å². The SMILES string of the molecule is CCOC(=O)c1ccc(N)c(Cl)c1OC. The van der Waals surface area contributed by atoms with Gasteiger partial charge in [-0.3, -0.25) is 0 Å². The fourth-order valence-electron chi connectivity index (χ4n) is 1.14. The number of hydrogen-bond acceptors (Lipinski definition) is 4. The van der Waals surface area contributed by atoms with Crippen LogP contribution in [0.5, 0.6) is 5.75 Å². The van der Waals surface area contributed by atoms with Gasteiger partial charge < -0.3 is 15.2 Å². The molecule has 82 valence electrons. The monoisotopic (exact) mass is 229 g/mol. The normalized spacial score (nSPS) is 9.80. The summed E-state index contributed by atoms with van der Waals surface area (Å²) >= 11 is 5.88. The van der Waals surface area contributed by atoms with Crippen LogP contribution in [0.2, 0.25) is 5.02 Å². The van der Waals surface area contributed by atoms with Crippen molar-refractivity contribution < 1.29 is 14.3 Å². The molecule has 1 aromatic rings. The lowest BCUT2D eigenvalue weighted by molar-refractivity contribution is 0.0523. The van der Waals surface area contributed by atoms with Crippen molar-refractivity contribution in [3.63, 3.8) is 0 Å². The summed E-state index contributed by atoms with van der Waals surface area (Å²) in [5.41, 5.74) is 6.21. The molecule has 15 heavy (non-hydrogen) atoms. The van der Waals surface area contributed by atoms with Gasteiger partial charge in [-0.25, -0.2) is 4.79 Å². The lowest BCUT2D eigenvalue weighted by Crippen LogP contribution is -2.07. The van der Waals surface area contributed by atoms with Crippen LogP contribution in [-0.2, 0) is 4.74 Å². The van der Waals surface area contributed by atoms with Gasteiger partial charge in [0, 0.05) is 0 Å². The van der Waals surface area contributed by atoms with Crippen LogP contribution in [0, 0.1) is 0 Å². The highest BCUT2D eigenvalue weighted by molar-refractivity contribution is 6.35. The van der Waals surface area contributed by atoms with Crippen molar-refractivity contribution in [2.75, 3.05) is 19.5 Å². The Morgan fingerprint density at radius 2 is 2.20 bits per heavy atom. The fourth-order valence-corrected chi connectivity index (χ4v) is 1.38. The molecule has 0 aliphatic heterocycles. The Labute approximate surface area is 92.9 Å². The van der Waals surface area contributed by atoms with Gasteiger partial charge in [-0.2, -0.15) is 0 Å². The summed E-state index contributed by atoms with van der Waals surface area (Å²) in [5, 5.41) is 0.225. The zero-order valence-electron chi connectivity index (χ0n) is 8.54. The van der Waals surface area contributed by atoms with Gasteiger partial charge in [0.05, 0.1) is 19.4 Å². The van der Waals surface area contributed by atoms with E-state index in [9.17, 15) is 4.79 Å². The van der Waals surface area contributed by atoms with Crippen molar-refractivity contribution >= 4 is 23.3 Å². The standard InChI is InChI=1S/C10H12ClNO3/c1-3-15-10(13)6-4-5-7(12)8(11)9(6)14-2/h4-5H,3,12H2,1-2H3. The molecule has 0 aromatic heterocycles. The minimum atomic E-state index is -0.476. The summed E-state index contributed by atoms with van der Waals surface area (Å²) in [7, 11) is 1.42. The number of nitrogens with two attached hydrogens (primary N) is 1. The number of carbonyl (C=O) groups excluding carboxylic acids is 1. The maximum atomic E-state index is 11.5. The van der Waals surface area contributed by atoms with Crippen molar-refractivity contribution in [2.45, 2.75) is 6.92 Å². The molecular formula is C10H12ClNO3. The van der Waals surface area contributed by atoms with Gasteiger partial charge in [0.25, 0.3) is 0 Å². The summed E-state index contributed by atoms with van der Waals surface area (Å²) in [4.78, 5) is 11.5. The van der Waals surface area contributed by atoms with Crippen LogP contribution in [0.3, 0.4) is 0 Å². The molecule has 0 spiro atoms. The first kappa shape index (κ1) is 11.7. The first-order valence-corrected chi connectivity index (χ1v) is 4.78. The second kappa shape index (κ2) is 4.89. The van der Waals surface area contributed by atoms with Gasteiger partial charge in [0.2, 0.25) is 0 Å². The lowest BCUT2D eigenvalue weighted by Gasteiger charge is -2.10. The first-order chi connectivity index (χ1) is 7.11. The van der Waals surface area contributed by atoms with E-state index in [-0.39, 0.29) is 16.3 Å². The second-order valence-electron chi connectivity index (χ2n) is 2.77. The lowest BCUT2D eigenvalue weighted by atomic mass is 10.2. The van der Waals surface area contributed by atoms with Crippen LogP contribution in [0.4, 0.5) is 5.69 Å². The van der Waals surface area contributed by atoms with E-state index in [0.29, 0.717) is 12.3 Å². The first-order valence-electron chi connectivity index (χ1n) is 4.40. The van der Waals surface area contributed by atoms with Crippen LogP contribution in [-0.4, -0.2) is 19.7 Å². The zero-order chi connectivity index (χ0) is 11.4. The Bertz CT molecular complexity index is 379. The van der Waals surface area contributed by atoms with Crippen molar-refractivity contribution in [2.24, 2.45) is 0 Å². The third-order valence-corrected chi connectivity index (χ3v) is 2.22. The molecule has 0 aliphatic rings. The smallest absolute Gasteiger partial charge is 0.341 e. The number of carbonyl (C=O) groups is 1. The molecule has 0 saturated heterocycles. The molecule has 0 unspecified atom stereocenters. The Morgan fingerprint density at radius 3 is 2.73 bits per heavy atom. The quantitative estimate of drug-likeness (QED) is 0.637. The maximum absolute atomic E-state index is 11.5. The minimum absolute atomic E-state index is 0.225. The highest BCUT2D eigenvalue weighted by atomic mass is 35.5. The molecule has 4 nitrogen and oxygen atoms in total. The van der Waals surface area contributed by atoms with Gasteiger partial charge in [0.1, 0.15) is 10.6 Å². The predicted molar refractivity (Wildman–Crippen MR) is 58.4 cm³/mol. The molecule has 0 fully saturated rings. The molecule has 2 N–H and O–H groups in total. The Kier molecular flexibility index (Phi) is 3.80. The average molecular weight is 230 g/mol. The Balaban J connectivity index is 3.18. The number of methoxy groups -OCH3 is 1. The molecule has 0 bridgehead atoms. The number of rotatable bonds is 3. The van der Waals surface area contributed by atoms with Crippen LogP contribution >= 0.6 is 11.6 Å². The average Bonchev–Trinajstić information content (AvgIpc) is 2.22. The zero-order valence-corrected chi connectivity index (χ0v) is 9.30. The molecule has 0 aliphatic carbocycles. The third kappa shape index (κ3) is 2.33. The molecule has 0 atom stereocenters. The summed E-state index contributed by atoms with van der Waals surface area (Å²) in [5.74, 6) is -0.230. The van der Waals surface area contributed by atoms with Gasteiger partial charge in [-0.05, 0) is 19.1 Å². The molecule has 0 radical (unpaired) electrons. The largest absolute Gasteiger partial charge is 0.494 e. The molecule has 0 heterocycles. The van der Waals surface area contributed by atoms with Gasteiger partial charge in [-0.15, -0.1) is 0 Å². The third-order valence-electron chi connectivity index (χ3n) is 1.83. The second-order valence-corrected chi connectivity index (χ2v) is 3.15. The van der Waals surface area contributed by atoms with Crippen molar-refractivity contribution in [3.8, 4) is 5.75 Å². The summed E-state index contributed by atoms with van der Waals surface area (Å²) in [6, 6.07) is 3.06. The van der Waals surface area contributed by atoms with Crippen molar-refractivity contribution in [1.29, 1.82) is 0 Å². The van der Waals surface area contributed by atoms with E-state index in [2.05, 4.69) is 0 Å². The van der Waals surface area contributed by atoms with Crippen LogP contribution in [0.15, 0.2) is 12.1 Å². The number of anilines is 1. The van der Waals surface area contributed by atoms with Crippen LogP contribution < -0.4 is 10.5 Å². The van der Waals surface area contributed by atoms with Crippen molar-refractivity contribution in [1.82, 2.24) is 0 Å². The van der Waals surface area contributed by atoms with E-state index in [1.165, 1.54) is 19.2 Å². The number of ether oxygens (including phenoxy) is 2. The molecule has 5 heteroatoms. The molecule has 1 aromatic carbocycles. The molecular weight excluding hydrogens is 218 g/mol. The van der Waals surface area contributed by atoms with Gasteiger partial charge >= 0.3 is 5.97 Å². The maximum Gasteiger partial charge on any atom is 0.341 e. The van der Waals surface area contributed by atoms with Crippen molar-refractivity contribution in [3.05, 3.63) is 22.7 Å². The fraction of sp³-hybridized carbons (Fsp3) is 0.300. The number of halogens is 1. The highest BCUT2D eigenvalue weighted by Gasteiger charge is 2.17. The summed E-state index contributed by atoms with van der Waals surface area (Å²) < 4.78 is 9.86. The van der Waals surface area contributed by atoms with Gasteiger partial charge in [-0.1, -0.05) is 11.6 Å². The number of hydrogen-bond donors (Lipinski definition) is 1.